The third-order valence-electron chi connectivity index (χ3n) is 4.17. The van der Waals surface area contributed by atoms with Gasteiger partial charge in [0, 0.05) is 17.0 Å². The maximum absolute atomic E-state index is 6.20. The highest BCUT2D eigenvalue weighted by molar-refractivity contribution is 5.86. The van der Waals surface area contributed by atoms with Crippen LogP contribution in [0.1, 0.15) is 36.8 Å². The number of ether oxygens (including phenoxy) is 1. The van der Waals surface area contributed by atoms with E-state index in [-0.39, 0.29) is 0 Å². The van der Waals surface area contributed by atoms with E-state index < -0.39 is 0 Å². The van der Waals surface area contributed by atoms with Gasteiger partial charge in [-0.1, -0.05) is 0 Å². The Morgan fingerprint density at radius 1 is 1.26 bits per heavy atom. The van der Waals surface area contributed by atoms with Gasteiger partial charge in [-0.25, -0.2) is 0 Å². The second-order valence-electron chi connectivity index (χ2n) is 5.63. The van der Waals surface area contributed by atoms with Gasteiger partial charge in [0.1, 0.15) is 5.75 Å². The molecule has 1 aromatic heterocycles. The third kappa shape index (κ3) is 2.32. The molecule has 1 fully saturated rings. The summed E-state index contributed by atoms with van der Waals surface area (Å²) in [5.41, 5.74) is 9.40. The fraction of sp³-hybridized carbons (Fsp3) is 0.533. The lowest BCUT2D eigenvalue weighted by molar-refractivity contribution is 0.146. The van der Waals surface area contributed by atoms with Crippen LogP contribution in [0.15, 0.2) is 12.3 Å². The van der Waals surface area contributed by atoms with E-state index >= 15 is 0 Å². The van der Waals surface area contributed by atoms with Gasteiger partial charge in [0.2, 0.25) is 0 Å². The molecule has 0 atom stereocenters. The van der Waals surface area contributed by atoms with Crippen molar-refractivity contribution in [3.8, 4) is 5.75 Å². The summed E-state index contributed by atoms with van der Waals surface area (Å²) in [6.45, 7) is 4.19. The Kier molecular flexibility index (Phi) is 3.19. The van der Waals surface area contributed by atoms with Crippen LogP contribution >= 0.6 is 0 Å². The molecule has 4 nitrogen and oxygen atoms in total. The highest BCUT2D eigenvalue weighted by Gasteiger charge is 2.21. The van der Waals surface area contributed by atoms with E-state index in [4.69, 9.17) is 10.5 Å². The van der Waals surface area contributed by atoms with Gasteiger partial charge < -0.3 is 10.5 Å². The molecule has 1 heterocycles. The molecule has 19 heavy (non-hydrogen) atoms. The summed E-state index contributed by atoms with van der Waals surface area (Å²) in [5.74, 6) is 0.992. The van der Waals surface area contributed by atoms with Crippen LogP contribution in [0.2, 0.25) is 0 Å². The Morgan fingerprint density at radius 3 is 2.74 bits per heavy atom. The summed E-state index contributed by atoms with van der Waals surface area (Å²) < 4.78 is 6.20. The summed E-state index contributed by atoms with van der Waals surface area (Å²) in [6, 6.07) is 2.48. The molecule has 3 rings (SSSR count). The van der Waals surface area contributed by atoms with Crippen molar-refractivity contribution >= 4 is 10.9 Å². The molecule has 0 aliphatic heterocycles. The molecule has 4 heteroatoms. The number of aromatic amines is 1. The topological polar surface area (TPSA) is 63.9 Å². The molecule has 1 aliphatic rings. The minimum atomic E-state index is 0.308. The largest absolute Gasteiger partial charge is 0.490 e. The fourth-order valence-electron chi connectivity index (χ4n) is 2.89. The molecular weight excluding hydrogens is 238 g/mol. The molecule has 0 spiro atoms. The van der Waals surface area contributed by atoms with Gasteiger partial charge in [-0.05, 0) is 51.2 Å². The molecule has 0 unspecified atom stereocenters. The quantitative estimate of drug-likeness (QED) is 0.871. The van der Waals surface area contributed by atoms with E-state index in [2.05, 4.69) is 30.1 Å². The van der Waals surface area contributed by atoms with E-state index in [1.165, 1.54) is 11.1 Å². The van der Waals surface area contributed by atoms with Crippen LogP contribution in [0.5, 0.6) is 5.75 Å². The first-order valence-electron chi connectivity index (χ1n) is 7.00. The molecule has 0 saturated heterocycles. The predicted octanol–water partition coefficient (Wildman–Crippen LogP) is 2.83. The molecule has 0 amide bonds. The van der Waals surface area contributed by atoms with Crippen molar-refractivity contribution in [2.45, 2.75) is 51.7 Å². The number of nitrogens with zero attached hydrogens (tertiary/aromatic N) is 1. The van der Waals surface area contributed by atoms with Gasteiger partial charge >= 0.3 is 0 Å². The van der Waals surface area contributed by atoms with Crippen molar-refractivity contribution in [2.24, 2.45) is 5.73 Å². The number of H-pyrrole nitrogens is 1. The molecule has 3 N–H and O–H groups in total. The van der Waals surface area contributed by atoms with Gasteiger partial charge in [-0.3, -0.25) is 5.10 Å². The lowest BCUT2D eigenvalue weighted by Gasteiger charge is -2.27. The highest BCUT2D eigenvalue weighted by atomic mass is 16.5. The Hall–Kier alpha value is -1.55. The number of benzene rings is 1. The van der Waals surface area contributed by atoms with E-state index in [1.54, 1.807) is 0 Å². The number of rotatable bonds is 2. The zero-order valence-electron chi connectivity index (χ0n) is 11.6. The van der Waals surface area contributed by atoms with Gasteiger partial charge in [0.25, 0.3) is 0 Å². The van der Waals surface area contributed by atoms with Crippen molar-refractivity contribution in [1.82, 2.24) is 10.2 Å². The number of fused-ring (bicyclic) bond motifs is 1. The maximum Gasteiger partial charge on any atom is 0.123 e. The normalized spacial score (nSPS) is 23.7. The molecule has 1 aliphatic carbocycles. The van der Waals surface area contributed by atoms with Crippen LogP contribution < -0.4 is 10.5 Å². The number of hydrogen-bond donors (Lipinski definition) is 2. The highest BCUT2D eigenvalue weighted by Crippen LogP contribution is 2.31. The fourth-order valence-corrected chi connectivity index (χ4v) is 2.89. The van der Waals surface area contributed by atoms with Gasteiger partial charge in [-0.15, -0.1) is 0 Å². The lowest BCUT2D eigenvalue weighted by Crippen LogP contribution is -2.31. The van der Waals surface area contributed by atoms with Crippen molar-refractivity contribution in [3.63, 3.8) is 0 Å². The van der Waals surface area contributed by atoms with Crippen LogP contribution in [-0.4, -0.2) is 22.3 Å². The van der Waals surface area contributed by atoms with E-state index in [0.717, 1.165) is 42.3 Å². The van der Waals surface area contributed by atoms with Crippen molar-refractivity contribution in [1.29, 1.82) is 0 Å². The van der Waals surface area contributed by atoms with Crippen molar-refractivity contribution < 1.29 is 4.74 Å². The first-order chi connectivity index (χ1) is 9.15. The van der Waals surface area contributed by atoms with Crippen LogP contribution in [0.4, 0.5) is 0 Å². The smallest absolute Gasteiger partial charge is 0.123 e. The summed E-state index contributed by atoms with van der Waals surface area (Å²) in [7, 11) is 0. The summed E-state index contributed by atoms with van der Waals surface area (Å²) in [4.78, 5) is 0. The summed E-state index contributed by atoms with van der Waals surface area (Å²) in [5, 5.41) is 8.32. The third-order valence-corrected chi connectivity index (χ3v) is 4.17. The summed E-state index contributed by atoms with van der Waals surface area (Å²) >= 11 is 0. The van der Waals surface area contributed by atoms with E-state index in [1.807, 2.05) is 6.20 Å². The molecule has 2 aromatic rings. The minimum absolute atomic E-state index is 0.308. The summed E-state index contributed by atoms with van der Waals surface area (Å²) in [6.07, 6.45) is 6.43. The van der Waals surface area contributed by atoms with Crippen LogP contribution in [-0.2, 0) is 0 Å². The minimum Gasteiger partial charge on any atom is -0.490 e. The van der Waals surface area contributed by atoms with Crippen LogP contribution in [0.25, 0.3) is 10.9 Å². The lowest BCUT2D eigenvalue weighted by atomic mass is 9.93. The molecule has 1 saturated carbocycles. The van der Waals surface area contributed by atoms with E-state index in [9.17, 15) is 0 Å². The zero-order chi connectivity index (χ0) is 13.4. The second-order valence-corrected chi connectivity index (χ2v) is 5.63. The molecule has 102 valence electrons. The molecule has 1 aromatic carbocycles. The second kappa shape index (κ2) is 4.85. The number of hydrogen-bond acceptors (Lipinski definition) is 3. The van der Waals surface area contributed by atoms with Gasteiger partial charge in [0.15, 0.2) is 0 Å². The van der Waals surface area contributed by atoms with E-state index in [0.29, 0.717) is 12.1 Å². The van der Waals surface area contributed by atoms with Crippen LogP contribution in [0, 0.1) is 13.8 Å². The Morgan fingerprint density at radius 2 is 2.00 bits per heavy atom. The molecular formula is C15H21N3O. The average Bonchev–Trinajstić information content (AvgIpc) is 2.88. The number of nitrogens with one attached hydrogen (secondary N) is 1. The maximum atomic E-state index is 6.20. The monoisotopic (exact) mass is 259 g/mol. The Bertz CT molecular complexity index is 582. The van der Waals surface area contributed by atoms with Crippen LogP contribution in [0.3, 0.4) is 0 Å². The zero-order valence-corrected chi connectivity index (χ0v) is 11.6. The standard InChI is InChI=1S/C15H21N3O/c1-9-7-14(10(2)13-8-17-18-15(9)13)19-12-5-3-11(16)4-6-12/h7-8,11-12H,3-6,16H2,1-2H3,(H,17,18)/t11-,12-. The predicted molar refractivity (Wildman–Crippen MR) is 76.4 cm³/mol. The number of aromatic nitrogens is 2. The van der Waals surface area contributed by atoms with Gasteiger partial charge in [0.05, 0.1) is 17.8 Å². The number of nitrogens with two attached hydrogens (primary N) is 1. The Labute approximate surface area is 113 Å². The molecule has 0 bridgehead atoms. The average molecular weight is 259 g/mol. The van der Waals surface area contributed by atoms with Gasteiger partial charge in [-0.2, -0.15) is 5.10 Å². The number of aryl methyl sites for hydroxylation is 2. The van der Waals surface area contributed by atoms with Crippen molar-refractivity contribution in [2.75, 3.05) is 0 Å². The first-order valence-corrected chi connectivity index (χ1v) is 7.00. The first kappa shape index (κ1) is 12.5. The SMILES string of the molecule is Cc1c(O[C@H]2CC[C@H](N)CC2)cc(C)c2[nH]ncc12. The Balaban J connectivity index is 1.86. The van der Waals surface area contributed by atoms with Crippen molar-refractivity contribution in [3.05, 3.63) is 23.4 Å². The molecule has 0 radical (unpaired) electrons.